The number of nitrogens with zero attached hydrogens (tertiary/aromatic N) is 2. The van der Waals surface area contributed by atoms with Crippen molar-refractivity contribution in [3.8, 4) is 11.8 Å². The summed E-state index contributed by atoms with van der Waals surface area (Å²) in [5.74, 6) is -0.395. The Morgan fingerprint density at radius 3 is 2.55 bits per heavy atom. The van der Waals surface area contributed by atoms with Gasteiger partial charge in [0, 0.05) is 22.8 Å². The van der Waals surface area contributed by atoms with Crippen molar-refractivity contribution in [2.75, 3.05) is 5.32 Å². The Kier molecular flexibility index (Phi) is 5.99. The standard InChI is InChI=1S/C25H25N3O/c1-5-20-10-6-7-12-24(20)27-25(29)22(16-26)15-21-14-18(3)28(19(21)4)23-11-8-9-17(2)13-23/h6-15H,5H2,1-4H3,(H,27,29)/b22-15-. The molecule has 0 saturated carbocycles. The number of aryl methyl sites for hydroxylation is 3. The number of nitriles is 1. The predicted molar refractivity (Wildman–Crippen MR) is 118 cm³/mol. The summed E-state index contributed by atoms with van der Waals surface area (Å²) in [5, 5.41) is 12.5. The third kappa shape index (κ3) is 4.30. The first kappa shape index (κ1) is 20.2. The van der Waals surface area contributed by atoms with Crippen LogP contribution in [0.4, 0.5) is 5.69 Å². The monoisotopic (exact) mass is 383 g/mol. The van der Waals surface area contributed by atoms with E-state index in [-0.39, 0.29) is 5.57 Å². The van der Waals surface area contributed by atoms with Crippen LogP contribution in [0.3, 0.4) is 0 Å². The van der Waals surface area contributed by atoms with Crippen LogP contribution in [-0.4, -0.2) is 10.5 Å². The van der Waals surface area contributed by atoms with Gasteiger partial charge in [-0.1, -0.05) is 37.3 Å². The summed E-state index contributed by atoms with van der Waals surface area (Å²) in [7, 11) is 0. The molecule has 4 nitrogen and oxygen atoms in total. The zero-order chi connectivity index (χ0) is 21.0. The SMILES string of the molecule is CCc1ccccc1NC(=O)/C(C#N)=C\c1cc(C)n(-c2cccc(C)c2)c1C. The van der Waals surface area contributed by atoms with E-state index in [0.29, 0.717) is 0 Å². The van der Waals surface area contributed by atoms with E-state index in [1.54, 1.807) is 6.08 Å². The number of hydrogen-bond donors (Lipinski definition) is 1. The van der Waals surface area contributed by atoms with Gasteiger partial charge in [0.1, 0.15) is 11.6 Å². The van der Waals surface area contributed by atoms with Crippen molar-refractivity contribution in [2.45, 2.75) is 34.1 Å². The lowest BCUT2D eigenvalue weighted by Crippen LogP contribution is -2.14. The minimum atomic E-state index is -0.395. The molecule has 0 saturated heterocycles. The maximum absolute atomic E-state index is 12.7. The smallest absolute Gasteiger partial charge is 0.266 e. The van der Waals surface area contributed by atoms with Gasteiger partial charge in [-0.05, 0) is 74.2 Å². The summed E-state index contributed by atoms with van der Waals surface area (Å²) in [6, 6.07) is 20.0. The second-order valence-electron chi connectivity index (χ2n) is 7.14. The largest absolute Gasteiger partial charge is 0.321 e. The van der Waals surface area contributed by atoms with Crippen molar-refractivity contribution in [1.29, 1.82) is 5.26 Å². The second kappa shape index (κ2) is 8.62. The number of hydrogen-bond acceptors (Lipinski definition) is 2. The molecule has 0 aliphatic heterocycles. The zero-order valence-electron chi connectivity index (χ0n) is 17.3. The van der Waals surface area contributed by atoms with E-state index in [4.69, 9.17) is 0 Å². The van der Waals surface area contributed by atoms with Crippen LogP contribution in [0.2, 0.25) is 0 Å². The number of carbonyl (C=O) groups excluding carboxylic acids is 1. The Bertz CT molecular complexity index is 1130. The predicted octanol–water partition coefficient (Wildman–Crippen LogP) is 5.51. The Morgan fingerprint density at radius 1 is 1.10 bits per heavy atom. The summed E-state index contributed by atoms with van der Waals surface area (Å²) in [6.07, 6.45) is 2.47. The molecular weight excluding hydrogens is 358 g/mol. The summed E-state index contributed by atoms with van der Waals surface area (Å²) in [5.41, 5.74) is 7.01. The molecule has 0 atom stereocenters. The molecule has 0 bridgehead atoms. The highest BCUT2D eigenvalue weighted by Crippen LogP contribution is 2.24. The molecule has 4 heteroatoms. The average Bonchev–Trinajstić information content (AvgIpc) is 2.99. The molecule has 0 radical (unpaired) electrons. The van der Waals surface area contributed by atoms with Crippen molar-refractivity contribution in [3.63, 3.8) is 0 Å². The van der Waals surface area contributed by atoms with Crippen LogP contribution >= 0.6 is 0 Å². The normalized spacial score (nSPS) is 11.2. The van der Waals surface area contributed by atoms with E-state index < -0.39 is 5.91 Å². The van der Waals surface area contributed by atoms with Crippen molar-refractivity contribution >= 4 is 17.7 Å². The van der Waals surface area contributed by atoms with Gasteiger partial charge < -0.3 is 9.88 Å². The van der Waals surface area contributed by atoms with Crippen LogP contribution in [0.25, 0.3) is 11.8 Å². The van der Waals surface area contributed by atoms with E-state index >= 15 is 0 Å². The average molecular weight is 383 g/mol. The Morgan fingerprint density at radius 2 is 1.86 bits per heavy atom. The molecule has 1 amide bonds. The van der Waals surface area contributed by atoms with Gasteiger partial charge in [-0.2, -0.15) is 5.26 Å². The Hall–Kier alpha value is -3.58. The van der Waals surface area contributed by atoms with E-state index in [1.807, 2.05) is 57.2 Å². The number of para-hydroxylation sites is 1. The Balaban J connectivity index is 1.95. The first-order valence-corrected chi connectivity index (χ1v) is 9.71. The van der Waals surface area contributed by atoms with Crippen LogP contribution in [0.1, 0.15) is 35.0 Å². The number of anilines is 1. The number of amides is 1. The van der Waals surface area contributed by atoms with Crippen LogP contribution < -0.4 is 5.32 Å². The van der Waals surface area contributed by atoms with Crippen LogP contribution in [-0.2, 0) is 11.2 Å². The van der Waals surface area contributed by atoms with Gasteiger partial charge >= 0.3 is 0 Å². The molecule has 0 aliphatic carbocycles. The maximum atomic E-state index is 12.7. The van der Waals surface area contributed by atoms with Crippen molar-refractivity contribution < 1.29 is 4.79 Å². The number of benzene rings is 2. The molecule has 3 aromatic rings. The molecule has 1 N–H and O–H groups in total. The number of nitrogens with one attached hydrogen (secondary N) is 1. The summed E-state index contributed by atoms with van der Waals surface area (Å²) < 4.78 is 2.14. The topological polar surface area (TPSA) is 57.8 Å². The fraction of sp³-hybridized carbons (Fsp3) is 0.200. The molecule has 29 heavy (non-hydrogen) atoms. The van der Waals surface area contributed by atoms with Gasteiger partial charge in [0.2, 0.25) is 0 Å². The summed E-state index contributed by atoms with van der Waals surface area (Å²) in [6.45, 7) is 8.12. The molecular formula is C25H25N3O. The second-order valence-corrected chi connectivity index (χ2v) is 7.14. The van der Waals surface area contributed by atoms with E-state index in [9.17, 15) is 10.1 Å². The van der Waals surface area contributed by atoms with Crippen LogP contribution in [0, 0.1) is 32.1 Å². The number of rotatable bonds is 5. The van der Waals surface area contributed by atoms with Gasteiger partial charge in [-0.3, -0.25) is 4.79 Å². The quantitative estimate of drug-likeness (QED) is 0.466. The highest BCUT2D eigenvalue weighted by atomic mass is 16.1. The van der Waals surface area contributed by atoms with E-state index in [2.05, 4.69) is 41.1 Å². The van der Waals surface area contributed by atoms with Crippen molar-refractivity contribution in [3.05, 3.63) is 88.2 Å². The zero-order valence-corrected chi connectivity index (χ0v) is 17.3. The number of aromatic nitrogens is 1. The molecule has 1 aromatic heterocycles. The third-order valence-electron chi connectivity index (χ3n) is 5.04. The van der Waals surface area contributed by atoms with E-state index in [0.717, 1.165) is 40.3 Å². The molecule has 0 fully saturated rings. The molecule has 0 spiro atoms. The van der Waals surface area contributed by atoms with Gasteiger partial charge in [0.25, 0.3) is 5.91 Å². The molecule has 3 rings (SSSR count). The number of carbonyl (C=O) groups is 1. The van der Waals surface area contributed by atoms with Crippen LogP contribution in [0.5, 0.6) is 0 Å². The van der Waals surface area contributed by atoms with E-state index in [1.165, 1.54) is 5.56 Å². The fourth-order valence-electron chi connectivity index (χ4n) is 3.54. The Labute approximate surface area is 172 Å². The lowest BCUT2D eigenvalue weighted by Gasteiger charge is -2.10. The van der Waals surface area contributed by atoms with Gasteiger partial charge in [-0.25, -0.2) is 0 Å². The highest BCUT2D eigenvalue weighted by molar-refractivity contribution is 6.10. The lowest BCUT2D eigenvalue weighted by molar-refractivity contribution is -0.112. The highest BCUT2D eigenvalue weighted by Gasteiger charge is 2.15. The first-order valence-electron chi connectivity index (χ1n) is 9.71. The van der Waals surface area contributed by atoms with Gasteiger partial charge in [0.05, 0.1) is 0 Å². The lowest BCUT2D eigenvalue weighted by atomic mass is 10.1. The van der Waals surface area contributed by atoms with Gasteiger partial charge in [0.15, 0.2) is 0 Å². The molecule has 0 unspecified atom stereocenters. The maximum Gasteiger partial charge on any atom is 0.266 e. The molecule has 1 heterocycles. The molecule has 2 aromatic carbocycles. The minimum absolute atomic E-state index is 0.0837. The molecule has 146 valence electrons. The minimum Gasteiger partial charge on any atom is -0.321 e. The summed E-state index contributed by atoms with van der Waals surface area (Å²) in [4.78, 5) is 12.7. The molecule has 0 aliphatic rings. The fourth-order valence-corrected chi connectivity index (χ4v) is 3.54. The summed E-state index contributed by atoms with van der Waals surface area (Å²) >= 11 is 0. The van der Waals surface area contributed by atoms with Crippen LogP contribution in [0.15, 0.2) is 60.2 Å². The van der Waals surface area contributed by atoms with Crippen molar-refractivity contribution in [2.24, 2.45) is 0 Å². The van der Waals surface area contributed by atoms with Gasteiger partial charge in [-0.15, -0.1) is 0 Å². The first-order chi connectivity index (χ1) is 13.9. The van der Waals surface area contributed by atoms with Crippen molar-refractivity contribution in [1.82, 2.24) is 4.57 Å². The third-order valence-corrected chi connectivity index (χ3v) is 5.04.